The van der Waals surface area contributed by atoms with Crippen LogP contribution in [0, 0.1) is 5.92 Å². The fourth-order valence-corrected chi connectivity index (χ4v) is 2.80. The zero-order chi connectivity index (χ0) is 11.7. The average molecular weight is 252 g/mol. The first-order valence-corrected chi connectivity index (χ1v) is 6.81. The summed E-state index contributed by atoms with van der Waals surface area (Å²) in [5, 5.41) is 4.45. The molecule has 0 spiro atoms. The van der Waals surface area contributed by atoms with Gasteiger partial charge in [0.25, 0.3) is 0 Å². The lowest BCUT2D eigenvalue weighted by molar-refractivity contribution is 0.0809. The highest BCUT2D eigenvalue weighted by Gasteiger charge is 2.40. The number of ether oxygens (including phenoxy) is 1. The van der Waals surface area contributed by atoms with E-state index in [1.54, 1.807) is 0 Å². The van der Waals surface area contributed by atoms with Crippen molar-refractivity contribution in [3.63, 3.8) is 0 Å². The Morgan fingerprint density at radius 3 is 2.82 bits per heavy atom. The molecule has 2 aliphatic rings. The van der Waals surface area contributed by atoms with E-state index in [2.05, 4.69) is 11.4 Å². The van der Waals surface area contributed by atoms with E-state index < -0.39 is 0 Å². The van der Waals surface area contributed by atoms with Crippen molar-refractivity contribution < 1.29 is 4.74 Å². The molecule has 1 N–H and O–H groups in total. The standard InChI is InChI=1S/C14H18ClNO/c15-12-4-2-1-3-11(12)9-16-13-7-8-17-14(13)10-5-6-10/h1-4,10,13-14,16H,5-9H2. The maximum Gasteiger partial charge on any atom is 0.0757 e. The minimum atomic E-state index is 0.442. The molecule has 0 amide bonds. The molecule has 0 aromatic heterocycles. The molecule has 0 radical (unpaired) electrons. The van der Waals surface area contributed by atoms with Crippen LogP contribution in [0.4, 0.5) is 0 Å². The van der Waals surface area contributed by atoms with E-state index in [9.17, 15) is 0 Å². The van der Waals surface area contributed by atoms with Crippen LogP contribution in [0.5, 0.6) is 0 Å². The van der Waals surface area contributed by atoms with Gasteiger partial charge in [-0.1, -0.05) is 29.8 Å². The summed E-state index contributed by atoms with van der Waals surface area (Å²) in [5.74, 6) is 0.807. The maximum atomic E-state index is 6.15. The monoisotopic (exact) mass is 251 g/mol. The van der Waals surface area contributed by atoms with Gasteiger partial charge < -0.3 is 10.1 Å². The van der Waals surface area contributed by atoms with Gasteiger partial charge in [-0.05, 0) is 36.8 Å². The molecule has 2 atom stereocenters. The zero-order valence-corrected chi connectivity index (χ0v) is 10.6. The molecule has 1 saturated heterocycles. The van der Waals surface area contributed by atoms with Gasteiger partial charge in [-0.25, -0.2) is 0 Å². The topological polar surface area (TPSA) is 21.3 Å². The van der Waals surface area contributed by atoms with Gasteiger partial charge in [0.05, 0.1) is 6.10 Å². The van der Waals surface area contributed by atoms with Crippen LogP contribution in [0.2, 0.25) is 5.02 Å². The highest BCUT2D eigenvalue weighted by molar-refractivity contribution is 6.31. The van der Waals surface area contributed by atoms with Crippen molar-refractivity contribution in [3.05, 3.63) is 34.9 Å². The fraction of sp³-hybridized carbons (Fsp3) is 0.571. The van der Waals surface area contributed by atoms with Crippen molar-refractivity contribution in [2.45, 2.75) is 38.0 Å². The predicted molar refractivity (Wildman–Crippen MR) is 69.2 cm³/mol. The zero-order valence-electron chi connectivity index (χ0n) is 9.86. The highest BCUT2D eigenvalue weighted by Crippen LogP contribution is 2.38. The van der Waals surface area contributed by atoms with E-state index in [1.165, 1.54) is 18.4 Å². The van der Waals surface area contributed by atoms with Gasteiger partial charge in [0.2, 0.25) is 0 Å². The van der Waals surface area contributed by atoms with E-state index >= 15 is 0 Å². The Labute approximate surface area is 107 Å². The smallest absolute Gasteiger partial charge is 0.0757 e. The molecular weight excluding hydrogens is 234 g/mol. The highest BCUT2D eigenvalue weighted by atomic mass is 35.5. The first-order valence-electron chi connectivity index (χ1n) is 6.43. The van der Waals surface area contributed by atoms with E-state index in [4.69, 9.17) is 16.3 Å². The third-order valence-corrected chi connectivity index (χ3v) is 4.10. The third kappa shape index (κ3) is 2.65. The first kappa shape index (κ1) is 11.5. The molecule has 1 aromatic carbocycles. The number of benzene rings is 1. The average Bonchev–Trinajstić information content (AvgIpc) is 3.08. The molecule has 2 fully saturated rings. The van der Waals surface area contributed by atoms with E-state index in [0.29, 0.717) is 12.1 Å². The Morgan fingerprint density at radius 1 is 1.24 bits per heavy atom. The molecule has 92 valence electrons. The van der Waals surface area contributed by atoms with Crippen LogP contribution in [-0.4, -0.2) is 18.8 Å². The van der Waals surface area contributed by atoms with E-state index in [-0.39, 0.29) is 0 Å². The largest absolute Gasteiger partial charge is 0.376 e. The SMILES string of the molecule is Clc1ccccc1CNC1CCOC1C1CC1. The molecule has 3 heteroatoms. The molecule has 1 aliphatic heterocycles. The summed E-state index contributed by atoms with van der Waals surface area (Å²) >= 11 is 6.15. The van der Waals surface area contributed by atoms with Gasteiger partial charge in [-0.2, -0.15) is 0 Å². The Hall–Kier alpha value is -0.570. The molecule has 1 heterocycles. The summed E-state index contributed by atoms with van der Waals surface area (Å²) < 4.78 is 5.81. The quantitative estimate of drug-likeness (QED) is 0.888. The molecule has 1 saturated carbocycles. The number of nitrogens with one attached hydrogen (secondary N) is 1. The van der Waals surface area contributed by atoms with Crippen molar-refractivity contribution in [1.29, 1.82) is 0 Å². The summed E-state index contributed by atoms with van der Waals surface area (Å²) in [6.45, 7) is 1.75. The van der Waals surface area contributed by atoms with Crippen molar-refractivity contribution in [2.24, 2.45) is 5.92 Å². The lowest BCUT2D eigenvalue weighted by Gasteiger charge is -2.19. The van der Waals surface area contributed by atoms with E-state index in [0.717, 1.165) is 30.5 Å². The minimum absolute atomic E-state index is 0.442. The van der Waals surface area contributed by atoms with Crippen LogP contribution < -0.4 is 5.32 Å². The second-order valence-corrected chi connectivity index (χ2v) is 5.45. The van der Waals surface area contributed by atoms with Crippen LogP contribution in [0.3, 0.4) is 0 Å². The number of rotatable bonds is 4. The van der Waals surface area contributed by atoms with Gasteiger partial charge >= 0.3 is 0 Å². The van der Waals surface area contributed by atoms with Crippen molar-refractivity contribution in [2.75, 3.05) is 6.61 Å². The molecule has 1 aliphatic carbocycles. The molecule has 2 nitrogen and oxygen atoms in total. The predicted octanol–water partition coefficient (Wildman–Crippen LogP) is 3.00. The Bertz CT molecular complexity index is 392. The van der Waals surface area contributed by atoms with Gasteiger partial charge in [0.1, 0.15) is 0 Å². The fourth-order valence-electron chi connectivity index (χ4n) is 2.60. The first-order chi connectivity index (χ1) is 8.34. The second-order valence-electron chi connectivity index (χ2n) is 5.04. The van der Waals surface area contributed by atoms with Crippen LogP contribution in [-0.2, 0) is 11.3 Å². The van der Waals surface area contributed by atoms with Crippen molar-refractivity contribution >= 4 is 11.6 Å². The summed E-state index contributed by atoms with van der Waals surface area (Å²) in [6, 6.07) is 8.54. The lowest BCUT2D eigenvalue weighted by atomic mass is 10.1. The summed E-state index contributed by atoms with van der Waals surface area (Å²) in [6.07, 6.45) is 4.26. The number of hydrogen-bond donors (Lipinski definition) is 1. The van der Waals surface area contributed by atoms with Gasteiger partial charge in [-0.3, -0.25) is 0 Å². The lowest BCUT2D eigenvalue weighted by Crippen LogP contribution is -2.37. The Kier molecular flexibility index (Phi) is 3.37. The van der Waals surface area contributed by atoms with Crippen LogP contribution in [0.15, 0.2) is 24.3 Å². The summed E-state index contributed by atoms with van der Waals surface area (Å²) in [5.41, 5.74) is 1.18. The normalized spacial score (nSPS) is 28.5. The van der Waals surface area contributed by atoms with Crippen molar-refractivity contribution in [1.82, 2.24) is 5.32 Å². The second kappa shape index (κ2) is 4.97. The molecule has 17 heavy (non-hydrogen) atoms. The molecule has 1 aromatic rings. The van der Waals surface area contributed by atoms with Gasteiger partial charge in [0, 0.05) is 24.2 Å². The Morgan fingerprint density at radius 2 is 2.06 bits per heavy atom. The maximum absolute atomic E-state index is 6.15. The van der Waals surface area contributed by atoms with Crippen LogP contribution in [0.1, 0.15) is 24.8 Å². The molecule has 2 unspecified atom stereocenters. The summed E-state index contributed by atoms with van der Waals surface area (Å²) in [7, 11) is 0. The van der Waals surface area contributed by atoms with E-state index in [1.807, 2.05) is 18.2 Å². The van der Waals surface area contributed by atoms with Crippen LogP contribution >= 0.6 is 11.6 Å². The molecular formula is C14H18ClNO. The molecule has 3 rings (SSSR count). The minimum Gasteiger partial charge on any atom is -0.376 e. The molecule has 0 bridgehead atoms. The number of hydrogen-bond acceptors (Lipinski definition) is 2. The van der Waals surface area contributed by atoms with Crippen molar-refractivity contribution in [3.8, 4) is 0 Å². The summed E-state index contributed by atoms with van der Waals surface area (Å²) in [4.78, 5) is 0. The number of halogens is 1. The van der Waals surface area contributed by atoms with Gasteiger partial charge in [-0.15, -0.1) is 0 Å². The van der Waals surface area contributed by atoms with Gasteiger partial charge in [0.15, 0.2) is 0 Å². The Balaban J connectivity index is 1.58. The third-order valence-electron chi connectivity index (χ3n) is 3.73. The van der Waals surface area contributed by atoms with Crippen LogP contribution in [0.25, 0.3) is 0 Å².